The van der Waals surface area contributed by atoms with Crippen LogP contribution in [0.4, 0.5) is 5.13 Å². The summed E-state index contributed by atoms with van der Waals surface area (Å²) in [6.07, 6.45) is 6.26. The summed E-state index contributed by atoms with van der Waals surface area (Å²) >= 11 is 7.51. The van der Waals surface area contributed by atoms with Gasteiger partial charge in [0.1, 0.15) is 5.01 Å². The van der Waals surface area contributed by atoms with Crippen molar-refractivity contribution in [3.05, 3.63) is 39.9 Å². The predicted octanol–water partition coefficient (Wildman–Crippen LogP) is 4.52. The molecular weight excluding hydrogens is 330 g/mol. The Balaban J connectivity index is 1.58. The minimum atomic E-state index is -0.462. The Bertz CT molecular complexity index is 718. The maximum Gasteiger partial charge on any atom is 0.236 e. The van der Waals surface area contributed by atoms with E-state index in [4.69, 9.17) is 11.6 Å². The molecule has 0 bridgehead atoms. The molecule has 0 atom stereocenters. The second-order valence-corrected chi connectivity index (χ2v) is 7.92. The van der Waals surface area contributed by atoms with Crippen molar-refractivity contribution in [3.63, 3.8) is 0 Å². The van der Waals surface area contributed by atoms with Gasteiger partial charge in [0, 0.05) is 10.9 Å². The first kappa shape index (κ1) is 15.1. The molecule has 6 heteroatoms. The van der Waals surface area contributed by atoms with Crippen LogP contribution in [0.25, 0.3) is 0 Å². The molecule has 1 aromatic carbocycles. The van der Waals surface area contributed by atoms with E-state index in [0.717, 1.165) is 36.3 Å². The topological polar surface area (TPSA) is 54.9 Å². The number of nitrogens with one attached hydrogen (secondary N) is 1. The third kappa shape index (κ3) is 2.88. The van der Waals surface area contributed by atoms with Gasteiger partial charge in [0.25, 0.3) is 0 Å². The zero-order chi connectivity index (χ0) is 15.9. The molecule has 0 spiro atoms. The lowest BCUT2D eigenvalue weighted by Crippen LogP contribution is -2.37. The van der Waals surface area contributed by atoms with Gasteiger partial charge in [0.2, 0.25) is 11.0 Å². The molecule has 1 aromatic heterocycles. The predicted molar refractivity (Wildman–Crippen MR) is 92.1 cm³/mol. The molecule has 2 fully saturated rings. The van der Waals surface area contributed by atoms with Crippen LogP contribution >= 0.6 is 22.9 Å². The number of nitrogens with zero attached hydrogens (tertiary/aromatic N) is 2. The van der Waals surface area contributed by atoms with Crippen molar-refractivity contribution < 1.29 is 4.79 Å². The van der Waals surface area contributed by atoms with Crippen LogP contribution in [0, 0.1) is 0 Å². The number of halogens is 1. The molecular formula is C17H18ClN3OS. The molecule has 0 aliphatic heterocycles. The van der Waals surface area contributed by atoms with Gasteiger partial charge in [-0.15, -0.1) is 10.2 Å². The highest BCUT2D eigenvalue weighted by Gasteiger charge is 2.43. The lowest BCUT2D eigenvalue weighted by molar-refractivity contribution is -0.121. The van der Waals surface area contributed by atoms with Crippen LogP contribution < -0.4 is 5.32 Å². The second kappa shape index (κ2) is 5.87. The van der Waals surface area contributed by atoms with E-state index in [2.05, 4.69) is 15.5 Å². The van der Waals surface area contributed by atoms with Gasteiger partial charge in [-0.2, -0.15) is 0 Å². The number of rotatable bonds is 4. The van der Waals surface area contributed by atoms with E-state index in [1.54, 1.807) is 0 Å². The summed E-state index contributed by atoms with van der Waals surface area (Å²) < 4.78 is 0. The standard InChI is InChI=1S/C17H18ClN3OS/c18-13-7-5-12(6-8-13)17(9-1-2-10-17)15(22)19-16-21-20-14(23-16)11-3-4-11/h5-8,11H,1-4,9-10H2,(H,19,21,22). The maximum atomic E-state index is 13.0. The summed E-state index contributed by atoms with van der Waals surface area (Å²) in [5.74, 6) is 0.602. The van der Waals surface area contributed by atoms with Gasteiger partial charge < -0.3 is 0 Å². The maximum absolute atomic E-state index is 13.0. The van der Waals surface area contributed by atoms with Gasteiger partial charge in [-0.1, -0.05) is 47.9 Å². The van der Waals surface area contributed by atoms with Gasteiger partial charge in [0.15, 0.2) is 0 Å². The van der Waals surface area contributed by atoms with E-state index in [0.29, 0.717) is 16.1 Å². The monoisotopic (exact) mass is 347 g/mol. The number of aromatic nitrogens is 2. The van der Waals surface area contributed by atoms with Gasteiger partial charge in [-0.05, 0) is 43.4 Å². The van der Waals surface area contributed by atoms with E-state index in [1.165, 1.54) is 24.2 Å². The summed E-state index contributed by atoms with van der Waals surface area (Å²) in [5, 5.41) is 13.7. The van der Waals surface area contributed by atoms with Crippen molar-refractivity contribution in [1.82, 2.24) is 10.2 Å². The summed E-state index contributed by atoms with van der Waals surface area (Å²) in [4.78, 5) is 13.0. The fourth-order valence-electron chi connectivity index (χ4n) is 3.39. The van der Waals surface area contributed by atoms with Crippen molar-refractivity contribution in [2.75, 3.05) is 5.32 Å². The van der Waals surface area contributed by atoms with Gasteiger partial charge >= 0.3 is 0 Å². The van der Waals surface area contributed by atoms with Gasteiger partial charge in [0.05, 0.1) is 5.41 Å². The normalized spacial score (nSPS) is 19.7. The first-order valence-corrected chi connectivity index (χ1v) is 9.28. The Kier molecular flexibility index (Phi) is 3.85. The Labute approximate surface area is 144 Å². The molecule has 1 amide bonds. The first-order chi connectivity index (χ1) is 11.2. The van der Waals surface area contributed by atoms with Crippen LogP contribution in [0.3, 0.4) is 0 Å². The summed E-state index contributed by atoms with van der Waals surface area (Å²) in [5.41, 5.74) is 0.583. The molecule has 4 rings (SSSR count). The van der Waals surface area contributed by atoms with Crippen molar-refractivity contribution in [2.45, 2.75) is 49.9 Å². The molecule has 2 aromatic rings. The number of anilines is 1. The summed E-state index contributed by atoms with van der Waals surface area (Å²) in [6, 6.07) is 7.67. The summed E-state index contributed by atoms with van der Waals surface area (Å²) in [7, 11) is 0. The molecule has 2 saturated carbocycles. The van der Waals surface area contributed by atoms with Crippen LogP contribution in [-0.4, -0.2) is 16.1 Å². The minimum absolute atomic E-state index is 0.0378. The second-order valence-electron chi connectivity index (χ2n) is 6.47. The molecule has 23 heavy (non-hydrogen) atoms. The van der Waals surface area contributed by atoms with Crippen LogP contribution in [-0.2, 0) is 10.2 Å². The molecule has 0 unspecified atom stereocenters. The van der Waals surface area contributed by atoms with Crippen molar-refractivity contribution in [3.8, 4) is 0 Å². The Morgan fingerprint density at radius 3 is 2.52 bits per heavy atom. The highest BCUT2D eigenvalue weighted by Crippen LogP contribution is 2.44. The molecule has 2 aliphatic rings. The largest absolute Gasteiger partial charge is 0.300 e. The van der Waals surface area contributed by atoms with E-state index in [-0.39, 0.29) is 5.91 Å². The van der Waals surface area contributed by atoms with E-state index < -0.39 is 5.41 Å². The SMILES string of the molecule is O=C(Nc1nnc(C2CC2)s1)C1(c2ccc(Cl)cc2)CCCC1. The number of hydrogen-bond acceptors (Lipinski definition) is 4. The van der Waals surface area contributed by atoms with Crippen molar-refractivity contribution >= 4 is 34.0 Å². The van der Waals surface area contributed by atoms with E-state index in [9.17, 15) is 4.79 Å². The van der Waals surface area contributed by atoms with E-state index >= 15 is 0 Å². The average Bonchev–Trinajstić information content (AvgIpc) is 3.09. The number of amides is 1. The molecule has 0 radical (unpaired) electrons. The zero-order valence-electron chi connectivity index (χ0n) is 12.7. The Morgan fingerprint density at radius 1 is 1.17 bits per heavy atom. The lowest BCUT2D eigenvalue weighted by atomic mass is 9.78. The molecule has 1 N–H and O–H groups in total. The van der Waals surface area contributed by atoms with Crippen LogP contribution in [0.5, 0.6) is 0 Å². The highest BCUT2D eigenvalue weighted by molar-refractivity contribution is 7.15. The molecule has 2 aliphatic carbocycles. The molecule has 4 nitrogen and oxygen atoms in total. The zero-order valence-corrected chi connectivity index (χ0v) is 14.3. The molecule has 1 heterocycles. The Morgan fingerprint density at radius 2 is 1.87 bits per heavy atom. The van der Waals surface area contributed by atoms with Crippen molar-refractivity contribution in [1.29, 1.82) is 0 Å². The Hall–Kier alpha value is -1.46. The highest BCUT2D eigenvalue weighted by atomic mass is 35.5. The van der Waals surface area contributed by atoms with Crippen LogP contribution in [0.15, 0.2) is 24.3 Å². The average molecular weight is 348 g/mol. The van der Waals surface area contributed by atoms with E-state index in [1.807, 2.05) is 24.3 Å². The lowest BCUT2D eigenvalue weighted by Gasteiger charge is -2.27. The number of hydrogen-bond donors (Lipinski definition) is 1. The molecule has 120 valence electrons. The fourth-order valence-corrected chi connectivity index (χ4v) is 4.42. The van der Waals surface area contributed by atoms with Gasteiger partial charge in [-0.25, -0.2) is 0 Å². The number of carbonyl (C=O) groups is 1. The minimum Gasteiger partial charge on any atom is -0.300 e. The summed E-state index contributed by atoms with van der Waals surface area (Å²) in [6.45, 7) is 0. The smallest absolute Gasteiger partial charge is 0.236 e. The van der Waals surface area contributed by atoms with Gasteiger partial charge in [-0.3, -0.25) is 10.1 Å². The quantitative estimate of drug-likeness (QED) is 0.884. The molecule has 0 saturated heterocycles. The van der Waals surface area contributed by atoms with Crippen LogP contribution in [0.1, 0.15) is 55.0 Å². The third-order valence-corrected chi connectivity index (χ3v) is 6.13. The first-order valence-electron chi connectivity index (χ1n) is 8.08. The van der Waals surface area contributed by atoms with Crippen LogP contribution in [0.2, 0.25) is 5.02 Å². The third-order valence-electron chi connectivity index (χ3n) is 4.88. The van der Waals surface area contributed by atoms with Crippen molar-refractivity contribution in [2.24, 2.45) is 0 Å². The fraction of sp³-hybridized carbons (Fsp3) is 0.471. The number of carbonyl (C=O) groups excluding carboxylic acids is 1. The number of benzene rings is 1.